The molecule has 1 fully saturated rings. The van der Waals surface area contributed by atoms with Crippen LogP contribution < -0.4 is 16.8 Å². The van der Waals surface area contributed by atoms with Gasteiger partial charge in [0.25, 0.3) is 0 Å². The minimum absolute atomic E-state index is 0.0698. The summed E-state index contributed by atoms with van der Waals surface area (Å²) in [5.41, 5.74) is 11.5. The lowest BCUT2D eigenvalue weighted by Gasteiger charge is -2.32. The van der Waals surface area contributed by atoms with E-state index >= 15 is 0 Å². The van der Waals surface area contributed by atoms with Crippen molar-refractivity contribution in [1.82, 2.24) is 5.32 Å². The molecule has 1 amide bonds. The SMILES string of the molecule is CC(N)C(C)C(=O)NC1CCCCC1CN. The highest BCUT2D eigenvalue weighted by molar-refractivity contribution is 5.79. The van der Waals surface area contributed by atoms with Gasteiger partial charge in [0.15, 0.2) is 0 Å². The van der Waals surface area contributed by atoms with E-state index in [9.17, 15) is 4.79 Å². The average molecular weight is 227 g/mol. The molecule has 16 heavy (non-hydrogen) atoms. The summed E-state index contributed by atoms with van der Waals surface area (Å²) in [5.74, 6) is 0.388. The molecule has 0 aromatic carbocycles. The Kier molecular flexibility index (Phi) is 5.22. The lowest BCUT2D eigenvalue weighted by molar-refractivity contribution is -0.126. The van der Waals surface area contributed by atoms with Crippen molar-refractivity contribution in [3.05, 3.63) is 0 Å². The Hall–Kier alpha value is -0.610. The lowest BCUT2D eigenvalue weighted by atomic mass is 9.84. The predicted octanol–water partition coefficient (Wildman–Crippen LogP) is 0.603. The molecule has 0 bridgehead atoms. The maximum Gasteiger partial charge on any atom is 0.224 e. The van der Waals surface area contributed by atoms with Gasteiger partial charge in [0.1, 0.15) is 0 Å². The number of carbonyl (C=O) groups is 1. The first-order valence-electron chi connectivity index (χ1n) is 6.32. The molecule has 0 spiro atoms. The van der Waals surface area contributed by atoms with Crippen molar-refractivity contribution in [1.29, 1.82) is 0 Å². The van der Waals surface area contributed by atoms with E-state index in [1.165, 1.54) is 12.8 Å². The Labute approximate surface area is 98.1 Å². The lowest BCUT2D eigenvalue weighted by Crippen LogP contribution is -2.48. The van der Waals surface area contributed by atoms with E-state index in [1.54, 1.807) is 0 Å². The van der Waals surface area contributed by atoms with Crippen molar-refractivity contribution in [2.24, 2.45) is 23.3 Å². The van der Waals surface area contributed by atoms with Crippen molar-refractivity contribution in [3.63, 3.8) is 0 Å². The molecule has 4 atom stereocenters. The number of amides is 1. The largest absolute Gasteiger partial charge is 0.353 e. The van der Waals surface area contributed by atoms with Gasteiger partial charge in [-0.05, 0) is 32.2 Å². The van der Waals surface area contributed by atoms with Gasteiger partial charge >= 0.3 is 0 Å². The van der Waals surface area contributed by atoms with Crippen LogP contribution >= 0.6 is 0 Å². The van der Waals surface area contributed by atoms with Crippen LogP contribution in [0.1, 0.15) is 39.5 Å². The summed E-state index contributed by atoms with van der Waals surface area (Å²) in [7, 11) is 0. The Morgan fingerprint density at radius 3 is 2.56 bits per heavy atom. The van der Waals surface area contributed by atoms with E-state index in [4.69, 9.17) is 11.5 Å². The van der Waals surface area contributed by atoms with Gasteiger partial charge in [-0.15, -0.1) is 0 Å². The number of hydrogen-bond donors (Lipinski definition) is 3. The van der Waals surface area contributed by atoms with E-state index in [0.717, 1.165) is 12.8 Å². The second kappa shape index (κ2) is 6.21. The van der Waals surface area contributed by atoms with E-state index in [1.807, 2.05) is 13.8 Å². The van der Waals surface area contributed by atoms with Crippen molar-refractivity contribution >= 4 is 5.91 Å². The van der Waals surface area contributed by atoms with Crippen LogP contribution in [0.2, 0.25) is 0 Å². The molecular formula is C12H25N3O. The molecule has 0 aromatic rings. The van der Waals surface area contributed by atoms with Crippen LogP contribution in [0.15, 0.2) is 0 Å². The molecule has 94 valence electrons. The van der Waals surface area contributed by atoms with Gasteiger partial charge in [0.05, 0.1) is 0 Å². The third kappa shape index (κ3) is 3.46. The fourth-order valence-electron chi connectivity index (χ4n) is 2.23. The van der Waals surface area contributed by atoms with Crippen molar-refractivity contribution in [3.8, 4) is 0 Å². The normalized spacial score (nSPS) is 29.5. The van der Waals surface area contributed by atoms with E-state index < -0.39 is 0 Å². The number of hydrogen-bond acceptors (Lipinski definition) is 3. The zero-order valence-corrected chi connectivity index (χ0v) is 10.4. The van der Waals surface area contributed by atoms with Crippen LogP contribution in [0, 0.1) is 11.8 Å². The quantitative estimate of drug-likeness (QED) is 0.658. The molecule has 4 heteroatoms. The first-order valence-corrected chi connectivity index (χ1v) is 6.32. The van der Waals surface area contributed by atoms with E-state index in [2.05, 4.69) is 5.32 Å². The summed E-state index contributed by atoms with van der Waals surface area (Å²) in [4.78, 5) is 11.9. The van der Waals surface area contributed by atoms with Crippen LogP contribution in [-0.4, -0.2) is 24.5 Å². The maximum atomic E-state index is 11.9. The first kappa shape index (κ1) is 13.5. The maximum absolute atomic E-state index is 11.9. The fraction of sp³-hybridized carbons (Fsp3) is 0.917. The predicted molar refractivity (Wildman–Crippen MR) is 65.8 cm³/mol. The topological polar surface area (TPSA) is 81.1 Å². The van der Waals surface area contributed by atoms with Crippen molar-refractivity contribution < 1.29 is 4.79 Å². The minimum Gasteiger partial charge on any atom is -0.353 e. The van der Waals surface area contributed by atoms with Crippen molar-refractivity contribution in [2.45, 2.75) is 51.6 Å². The van der Waals surface area contributed by atoms with Gasteiger partial charge in [-0.3, -0.25) is 4.79 Å². The summed E-state index contributed by atoms with van der Waals surface area (Å²) in [6.07, 6.45) is 4.61. The van der Waals surface area contributed by atoms with Gasteiger partial charge in [-0.2, -0.15) is 0 Å². The summed E-state index contributed by atoms with van der Waals surface area (Å²) in [6, 6.07) is 0.160. The Morgan fingerprint density at radius 1 is 1.38 bits per heavy atom. The Morgan fingerprint density at radius 2 is 2.00 bits per heavy atom. The number of nitrogens with two attached hydrogens (primary N) is 2. The summed E-state index contributed by atoms with van der Waals surface area (Å²) >= 11 is 0. The molecule has 0 heterocycles. The standard InChI is InChI=1S/C12H25N3O/c1-8(9(2)14)12(16)15-11-6-4-3-5-10(11)7-13/h8-11H,3-7,13-14H2,1-2H3,(H,15,16). The molecule has 0 radical (unpaired) electrons. The Bertz CT molecular complexity index is 230. The average Bonchev–Trinajstić information content (AvgIpc) is 2.28. The zero-order valence-electron chi connectivity index (χ0n) is 10.4. The minimum atomic E-state index is -0.125. The molecule has 0 aromatic heterocycles. The molecule has 0 aliphatic heterocycles. The highest BCUT2D eigenvalue weighted by atomic mass is 16.2. The van der Waals surface area contributed by atoms with Crippen molar-refractivity contribution in [2.75, 3.05) is 6.54 Å². The van der Waals surface area contributed by atoms with Gasteiger partial charge in [-0.25, -0.2) is 0 Å². The third-order valence-electron chi connectivity index (χ3n) is 3.74. The van der Waals surface area contributed by atoms with Crippen LogP contribution in [0.5, 0.6) is 0 Å². The number of carbonyl (C=O) groups excluding carboxylic acids is 1. The smallest absolute Gasteiger partial charge is 0.224 e. The third-order valence-corrected chi connectivity index (χ3v) is 3.74. The summed E-state index contributed by atoms with van der Waals surface area (Å²) in [6.45, 7) is 4.41. The van der Waals surface area contributed by atoms with Crippen LogP contribution in [0.25, 0.3) is 0 Å². The molecule has 5 N–H and O–H groups in total. The molecule has 1 aliphatic rings. The molecule has 4 nitrogen and oxygen atoms in total. The Balaban J connectivity index is 2.48. The second-order valence-electron chi connectivity index (χ2n) is 5.04. The van der Waals surface area contributed by atoms with E-state index in [-0.39, 0.29) is 23.9 Å². The second-order valence-corrected chi connectivity index (χ2v) is 5.04. The molecular weight excluding hydrogens is 202 g/mol. The molecule has 1 rings (SSSR count). The van der Waals surface area contributed by atoms with Crippen LogP contribution in [0.4, 0.5) is 0 Å². The van der Waals surface area contributed by atoms with Gasteiger partial charge in [-0.1, -0.05) is 19.8 Å². The van der Waals surface area contributed by atoms with Crippen LogP contribution in [-0.2, 0) is 4.79 Å². The van der Waals surface area contributed by atoms with E-state index in [0.29, 0.717) is 12.5 Å². The molecule has 1 saturated carbocycles. The van der Waals surface area contributed by atoms with Gasteiger partial charge in [0, 0.05) is 18.0 Å². The molecule has 0 saturated heterocycles. The highest BCUT2D eigenvalue weighted by Crippen LogP contribution is 2.23. The molecule has 1 aliphatic carbocycles. The molecule has 4 unspecified atom stereocenters. The fourth-order valence-corrected chi connectivity index (χ4v) is 2.23. The first-order chi connectivity index (χ1) is 7.56. The summed E-state index contributed by atoms with van der Waals surface area (Å²) < 4.78 is 0. The van der Waals surface area contributed by atoms with Gasteiger partial charge in [0.2, 0.25) is 5.91 Å². The number of rotatable bonds is 4. The van der Waals surface area contributed by atoms with Gasteiger partial charge < -0.3 is 16.8 Å². The summed E-state index contributed by atoms with van der Waals surface area (Å²) in [5, 5.41) is 3.10. The number of nitrogens with one attached hydrogen (secondary N) is 1. The monoisotopic (exact) mass is 227 g/mol. The zero-order chi connectivity index (χ0) is 12.1. The highest BCUT2D eigenvalue weighted by Gasteiger charge is 2.27. The van der Waals surface area contributed by atoms with Crippen LogP contribution in [0.3, 0.4) is 0 Å².